The van der Waals surface area contributed by atoms with Gasteiger partial charge in [-0.15, -0.1) is 0 Å². The average molecular weight is 416 g/mol. The zero-order chi connectivity index (χ0) is 20.9. The van der Waals surface area contributed by atoms with Gasteiger partial charge in [-0.1, -0.05) is 23.7 Å². The van der Waals surface area contributed by atoms with Crippen LogP contribution in [0, 0.1) is 13.8 Å². The molecular formula is C19H17ClF3NO4. The van der Waals surface area contributed by atoms with Gasteiger partial charge >= 0.3 is 12.1 Å². The van der Waals surface area contributed by atoms with Crippen LogP contribution in [0.15, 0.2) is 36.4 Å². The SMILES string of the molecule is Cc1cc(OCC(=O)OCC(=O)Nc2ccccc2C(F)(F)F)cc(C)c1Cl. The number of carbonyl (C=O) groups excluding carboxylic acids is 2. The number of amides is 1. The smallest absolute Gasteiger partial charge is 0.418 e. The molecule has 9 heteroatoms. The minimum atomic E-state index is -4.62. The lowest BCUT2D eigenvalue weighted by molar-refractivity contribution is -0.149. The van der Waals surface area contributed by atoms with E-state index in [0.717, 1.165) is 23.3 Å². The number of benzene rings is 2. The number of alkyl halides is 3. The highest BCUT2D eigenvalue weighted by atomic mass is 35.5. The number of hydrogen-bond donors (Lipinski definition) is 1. The van der Waals surface area contributed by atoms with Gasteiger partial charge < -0.3 is 14.8 Å². The molecule has 0 saturated heterocycles. The fourth-order valence-corrected chi connectivity index (χ4v) is 2.45. The molecule has 2 aromatic carbocycles. The van der Waals surface area contributed by atoms with Gasteiger partial charge in [0.2, 0.25) is 0 Å². The van der Waals surface area contributed by atoms with Gasteiger partial charge in [0.25, 0.3) is 5.91 Å². The predicted octanol–water partition coefficient (Wildman–Crippen LogP) is 4.54. The molecular weight excluding hydrogens is 399 g/mol. The molecule has 2 rings (SSSR count). The van der Waals surface area contributed by atoms with Gasteiger partial charge in [-0.3, -0.25) is 4.79 Å². The van der Waals surface area contributed by atoms with Gasteiger partial charge in [0.05, 0.1) is 11.3 Å². The van der Waals surface area contributed by atoms with Crippen molar-refractivity contribution in [2.75, 3.05) is 18.5 Å². The van der Waals surface area contributed by atoms with E-state index >= 15 is 0 Å². The lowest BCUT2D eigenvalue weighted by Crippen LogP contribution is -2.24. The molecule has 5 nitrogen and oxygen atoms in total. The Morgan fingerprint density at radius 3 is 2.29 bits per heavy atom. The second-order valence-corrected chi connectivity index (χ2v) is 6.29. The second-order valence-electron chi connectivity index (χ2n) is 5.91. The molecule has 0 spiro atoms. The Balaban J connectivity index is 1.86. The summed E-state index contributed by atoms with van der Waals surface area (Å²) in [4.78, 5) is 23.5. The summed E-state index contributed by atoms with van der Waals surface area (Å²) in [6.45, 7) is 2.35. The van der Waals surface area contributed by atoms with Crippen molar-refractivity contribution in [3.8, 4) is 5.75 Å². The minimum Gasteiger partial charge on any atom is -0.482 e. The highest BCUT2D eigenvalue weighted by molar-refractivity contribution is 6.32. The summed E-state index contributed by atoms with van der Waals surface area (Å²) in [7, 11) is 0. The van der Waals surface area contributed by atoms with Crippen molar-refractivity contribution in [3.05, 3.63) is 58.1 Å². The van der Waals surface area contributed by atoms with E-state index in [0.29, 0.717) is 10.8 Å². The van der Waals surface area contributed by atoms with Gasteiger partial charge in [0.15, 0.2) is 13.2 Å². The van der Waals surface area contributed by atoms with Gasteiger partial charge in [-0.25, -0.2) is 4.79 Å². The first kappa shape index (κ1) is 21.6. The lowest BCUT2D eigenvalue weighted by Gasteiger charge is -2.13. The maximum Gasteiger partial charge on any atom is 0.418 e. The van der Waals surface area contributed by atoms with E-state index < -0.39 is 42.5 Å². The van der Waals surface area contributed by atoms with Crippen molar-refractivity contribution >= 4 is 29.2 Å². The Morgan fingerprint density at radius 1 is 1.07 bits per heavy atom. The topological polar surface area (TPSA) is 64.6 Å². The summed E-state index contributed by atoms with van der Waals surface area (Å²) in [6, 6.07) is 7.78. The summed E-state index contributed by atoms with van der Waals surface area (Å²) in [5, 5.41) is 2.66. The molecule has 0 unspecified atom stereocenters. The van der Waals surface area contributed by atoms with Gasteiger partial charge in [-0.05, 0) is 49.2 Å². The van der Waals surface area contributed by atoms with Crippen LogP contribution < -0.4 is 10.1 Å². The molecule has 1 amide bonds. The minimum absolute atomic E-state index is 0.403. The number of aryl methyl sites for hydroxylation is 2. The molecule has 0 aromatic heterocycles. The molecule has 0 radical (unpaired) electrons. The average Bonchev–Trinajstić information content (AvgIpc) is 2.62. The van der Waals surface area contributed by atoms with E-state index in [1.807, 2.05) is 0 Å². The number of halogens is 4. The molecule has 0 aliphatic carbocycles. The Hall–Kier alpha value is -2.74. The van der Waals surface area contributed by atoms with E-state index in [9.17, 15) is 22.8 Å². The Kier molecular flexibility index (Phi) is 6.90. The fourth-order valence-electron chi connectivity index (χ4n) is 2.35. The maximum atomic E-state index is 12.9. The van der Waals surface area contributed by atoms with Crippen molar-refractivity contribution < 1.29 is 32.2 Å². The summed E-state index contributed by atoms with van der Waals surface area (Å²) < 4.78 is 48.7. The number of carbonyl (C=O) groups is 2. The second kappa shape index (κ2) is 8.97. The van der Waals surface area contributed by atoms with Crippen molar-refractivity contribution in [1.82, 2.24) is 0 Å². The number of para-hydroxylation sites is 1. The van der Waals surface area contributed by atoms with Crippen LogP contribution in [-0.4, -0.2) is 25.1 Å². The summed E-state index contributed by atoms with van der Waals surface area (Å²) in [5.41, 5.74) is 0.131. The third kappa shape index (κ3) is 5.88. The molecule has 150 valence electrons. The molecule has 0 fully saturated rings. The summed E-state index contributed by atoms with van der Waals surface area (Å²) in [6.07, 6.45) is -4.62. The van der Waals surface area contributed by atoms with E-state index in [-0.39, 0.29) is 0 Å². The molecule has 0 aliphatic heterocycles. The summed E-state index contributed by atoms with van der Waals surface area (Å²) >= 11 is 6.04. The van der Waals surface area contributed by atoms with Crippen molar-refractivity contribution in [2.45, 2.75) is 20.0 Å². The summed E-state index contributed by atoms with van der Waals surface area (Å²) in [5.74, 6) is -1.34. The lowest BCUT2D eigenvalue weighted by atomic mass is 10.1. The van der Waals surface area contributed by atoms with Crippen LogP contribution in [0.5, 0.6) is 5.75 Å². The first-order chi connectivity index (χ1) is 13.1. The van der Waals surface area contributed by atoms with Crippen LogP contribution >= 0.6 is 11.6 Å². The molecule has 28 heavy (non-hydrogen) atoms. The number of rotatable bonds is 6. The molecule has 0 bridgehead atoms. The van der Waals surface area contributed by atoms with Crippen LogP contribution in [0.2, 0.25) is 5.02 Å². The van der Waals surface area contributed by atoms with E-state index in [2.05, 4.69) is 5.32 Å². The normalized spacial score (nSPS) is 11.1. The number of ether oxygens (including phenoxy) is 2. The van der Waals surface area contributed by atoms with Crippen LogP contribution in [0.25, 0.3) is 0 Å². The third-order valence-electron chi connectivity index (χ3n) is 3.64. The van der Waals surface area contributed by atoms with Gasteiger partial charge in [-0.2, -0.15) is 13.2 Å². The first-order valence-electron chi connectivity index (χ1n) is 8.09. The Labute approximate surface area is 164 Å². The van der Waals surface area contributed by atoms with Crippen molar-refractivity contribution in [3.63, 3.8) is 0 Å². The van der Waals surface area contributed by atoms with Crippen molar-refractivity contribution in [1.29, 1.82) is 0 Å². The van der Waals surface area contributed by atoms with Crippen LogP contribution in [0.4, 0.5) is 18.9 Å². The van der Waals surface area contributed by atoms with Gasteiger partial charge in [0, 0.05) is 5.02 Å². The maximum absolute atomic E-state index is 12.9. The number of nitrogens with one attached hydrogen (secondary N) is 1. The third-order valence-corrected chi connectivity index (χ3v) is 4.23. The van der Waals surface area contributed by atoms with Crippen molar-refractivity contribution in [2.24, 2.45) is 0 Å². The molecule has 0 aliphatic rings. The van der Waals surface area contributed by atoms with E-state index in [4.69, 9.17) is 21.1 Å². The zero-order valence-corrected chi connectivity index (χ0v) is 15.8. The van der Waals surface area contributed by atoms with E-state index in [1.54, 1.807) is 26.0 Å². The van der Waals surface area contributed by atoms with Gasteiger partial charge in [0.1, 0.15) is 5.75 Å². The molecule has 0 heterocycles. The molecule has 0 saturated carbocycles. The number of anilines is 1. The first-order valence-corrected chi connectivity index (χ1v) is 8.47. The molecule has 0 atom stereocenters. The number of hydrogen-bond acceptors (Lipinski definition) is 4. The highest BCUT2D eigenvalue weighted by Gasteiger charge is 2.33. The van der Waals surface area contributed by atoms with Crippen LogP contribution in [0.3, 0.4) is 0 Å². The monoisotopic (exact) mass is 415 g/mol. The fraction of sp³-hybridized carbons (Fsp3) is 0.263. The Morgan fingerprint density at radius 2 is 1.68 bits per heavy atom. The standard InChI is InChI=1S/C19H17ClF3NO4/c1-11-7-13(8-12(2)18(11)20)27-10-17(26)28-9-16(25)24-15-6-4-3-5-14(15)19(21,22)23/h3-8H,9-10H2,1-2H3,(H,24,25). The predicted molar refractivity (Wildman–Crippen MR) is 97.5 cm³/mol. The molecule has 1 N–H and O–H groups in total. The van der Waals surface area contributed by atoms with Crippen LogP contribution in [-0.2, 0) is 20.5 Å². The molecule has 2 aromatic rings. The Bertz CT molecular complexity index is 861. The largest absolute Gasteiger partial charge is 0.482 e. The highest BCUT2D eigenvalue weighted by Crippen LogP contribution is 2.34. The van der Waals surface area contributed by atoms with Crippen LogP contribution in [0.1, 0.15) is 16.7 Å². The quantitative estimate of drug-likeness (QED) is 0.704. The number of esters is 1. The zero-order valence-electron chi connectivity index (χ0n) is 15.0. The van der Waals surface area contributed by atoms with E-state index in [1.165, 1.54) is 12.1 Å².